The molecule has 2 atom stereocenters. The van der Waals surface area contributed by atoms with Crippen molar-refractivity contribution in [3.8, 4) is 0 Å². The number of ether oxygens (including phenoxy) is 1. The lowest BCUT2D eigenvalue weighted by Gasteiger charge is -2.24. The molecular weight excluding hydrogens is 280 g/mol. The summed E-state index contributed by atoms with van der Waals surface area (Å²) in [6.07, 6.45) is 1.66. The van der Waals surface area contributed by atoms with Crippen molar-refractivity contribution < 1.29 is 17.9 Å². The molecule has 2 rings (SSSR count). The second-order valence-electron chi connectivity index (χ2n) is 5.72. The maximum Gasteiger partial charge on any atom is 0.317 e. The smallest absolute Gasteiger partial charge is 0.317 e. The molecule has 0 aromatic carbocycles. The van der Waals surface area contributed by atoms with E-state index in [1.807, 2.05) is 6.92 Å². The molecule has 2 fully saturated rings. The molecule has 2 aliphatic rings. The first-order chi connectivity index (χ1) is 9.50. The van der Waals surface area contributed by atoms with Crippen LogP contribution < -0.4 is 5.32 Å². The van der Waals surface area contributed by atoms with E-state index in [1.54, 1.807) is 4.90 Å². The number of carbonyl (C=O) groups is 1. The lowest BCUT2D eigenvalue weighted by atomic mass is 10.1. The SMILES string of the molecule is CCN(C[C@H]1CCOC1)C(=O)NC[C@H]1CCS(=O)(=O)C1. The van der Waals surface area contributed by atoms with Crippen LogP contribution in [0.4, 0.5) is 4.79 Å². The summed E-state index contributed by atoms with van der Waals surface area (Å²) in [5.41, 5.74) is 0. The lowest BCUT2D eigenvalue weighted by Crippen LogP contribution is -2.44. The Balaban J connectivity index is 1.74. The minimum atomic E-state index is -2.87. The van der Waals surface area contributed by atoms with Crippen LogP contribution in [0.5, 0.6) is 0 Å². The fourth-order valence-corrected chi connectivity index (χ4v) is 4.63. The molecule has 0 saturated carbocycles. The van der Waals surface area contributed by atoms with Gasteiger partial charge in [0.1, 0.15) is 0 Å². The Morgan fingerprint density at radius 1 is 1.35 bits per heavy atom. The van der Waals surface area contributed by atoms with E-state index in [1.165, 1.54) is 0 Å². The average Bonchev–Trinajstić information content (AvgIpc) is 3.02. The van der Waals surface area contributed by atoms with E-state index >= 15 is 0 Å². The van der Waals surface area contributed by atoms with Gasteiger partial charge in [-0.15, -0.1) is 0 Å². The number of sulfone groups is 1. The Hall–Kier alpha value is -0.820. The quantitative estimate of drug-likeness (QED) is 0.802. The second kappa shape index (κ2) is 6.76. The van der Waals surface area contributed by atoms with Gasteiger partial charge in [-0.3, -0.25) is 0 Å². The van der Waals surface area contributed by atoms with Gasteiger partial charge in [-0.25, -0.2) is 13.2 Å². The van der Waals surface area contributed by atoms with Crippen molar-refractivity contribution in [2.75, 3.05) is 44.4 Å². The number of rotatable bonds is 5. The van der Waals surface area contributed by atoms with Crippen molar-refractivity contribution >= 4 is 15.9 Å². The Morgan fingerprint density at radius 3 is 2.70 bits per heavy atom. The monoisotopic (exact) mass is 304 g/mol. The Kier molecular flexibility index (Phi) is 5.26. The van der Waals surface area contributed by atoms with Crippen molar-refractivity contribution in [2.45, 2.75) is 19.8 Å². The summed E-state index contributed by atoms with van der Waals surface area (Å²) in [5, 5.41) is 2.87. The van der Waals surface area contributed by atoms with Crippen molar-refractivity contribution in [3.05, 3.63) is 0 Å². The summed E-state index contributed by atoms with van der Waals surface area (Å²) in [6, 6.07) is -0.0938. The first-order valence-electron chi connectivity index (χ1n) is 7.31. The van der Waals surface area contributed by atoms with E-state index < -0.39 is 9.84 Å². The number of amides is 2. The standard InChI is InChI=1S/C13H24N2O4S/c1-2-15(8-12-3-5-19-9-12)13(16)14-7-11-4-6-20(17,18)10-11/h11-12H,2-10H2,1H3,(H,14,16)/t11-,12-/m1/s1. The van der Waals surface area contributed by atoms with Crippen LogP contribution in [-0.4, -0.2) is 63.7 Å². The number of nitrogens with zero attached hydrogens (tertiary/aromatic N) is 1. The lowest BCUT2D eigenvalue weighted by molar-refractivity contribution is 0.166. The average molecular weight is 304 g/mol. The van der Waals surface area contributed by atoms with Gasteiger partial charge in [-0.1, -0.05) is 0 Å². The molecule has 0 bridgehead atoms. The van der Waals surface area contributed by atoms with E-state index in [-0.39, 0.29) is 23.5 Å². The second-order valence-corrected chi connectivity index (χ2v) is 7.95. The predicted molar refractivity (Wildman–Crippen MR) is 76.3 cm³/mol. The zero-order valence-electron chi connectivity index (χ0n) is 12.0. The van der Waals surface area contributed by atoms with Crippen LogP contribution in [0.2, 0.25) is 0 Å². The molecule has 20 heavy (non-hydrogen) atoms. The molecule has 2 heterocycles. The predicted octanol–water partition coefficient (Wildman–Crippen LogP) is 0.489. The van der Waals surface area contributed by atoms with Crippen LogP contribution >= 0.6 is 0 Å². The highest BCUT2D eigenvalue weighted by atomic mass is 32.2. The van der Waals surface area contributed by atoms with E-state index in [9.17, 15) is 13.2 Å². The van der Waals surface area contributed by atoms with Gasteiger partial charge < -0.3 is 15.0 Å². The van der Waals surface area contributed by atoms with E-state index in [4.69, 9.17) is 4.74 Å². The van der Waals surface area contributed by atoms with E-state index in [0.717, 1.165) is 19.6 Å². The third kappa shape index (κ3) is 4.34. The number of urea groups is 1. The van der Waals surface area contributed by atoms with Crippen LogP contribution in [0.15, 0.2) is 0 Å². The molecule has 116 valence electrons. The first kappa shape index (κ1) is 15.6. The molecule has 0 radical (unpaired) electrons. The van der Waals surface area contributed by atoms with Crippen LogP contribution in [0.3, 0.4) is 0 Å². The van der Waals surface area contributed by atoms with Crippen LogP contribution in [0.1, 0.15) is 19.8 Å². The molecule has 0 aromatic heterocycles. The van der Waals surface area contributed by atoms with Crippen molar-refractivity contribution in [1.82, 2.24) is 10.2 Å². The first-order valence-corrected chi connectivity index (χ1v) is 9.13. The van der Waals surface area contributed by atoms with Gasteiger partial charge in [0.15, 0.2) is 9.84 Å². The Labute approximate surface area is 120 Å². The highest BCUT2D eigenvalue weighted by Crippen LogP contribution is 2.18. The van der Waals surface area contributed by atoms with Gasteiger partial charge in [0, 0.05) is 32.2 Å². The highest BCUT2D eigenvalue weighted by molar-refractivity contribution is 7.91. The number of carbonyl (C=O) groups excluding carboxylic acids is 1. The van der Waals surface area contributed by atoms with Crippen molar-refractivity contribution in [1.29, 1.82) is 0 Å². The molecule has 0 spiro atoms. The Morgan fingerprint density at radius 2 is 2.15 bits per heavy atom. The largest absolute Gasteiger partial charge is 0.381 e. The molecule has 0 aliphatic carbocycles. The highest BCUT2D eigenvalue weighted by Gasteiger charge is 2.28. The van der Waals surface area contributed by atoms with E-state index in [2.05, 4.69) is 5.32 Å². The van der Waals surface area contributed by atoms with Gasteiger partial charge in [0.05, 0.1) is 18.1 Å². The molecule has 6 nitrogen and oxygen atoms in total. The minimum absolute atomic E-state index is 0.0671. The summed E-state index contributed by atoms with van der Waals surface area (Å²) < 4.78 is 28.1. The van der Waals surface area contributed by atoms with E-state index in [0.29, 0.717) is 32.0 Å². The third-order valence-corrected chi connectivity index (χ3v) is 5.88. The maximum atomic E-state index is 12.1. The molecule has 0 unspecified atom stereocenters. The van der Waals surface area contributed by atoms with Crippen molar-refractivity contribution in [2.24, 2.45) is 11.8 Å². The maximum absolute atomic E-state index is 12.1. The number of nitrogens with one attached hydrogen (secondary N) is 1. The zero-order valence-corrected chi connectivity index (χ0v) is 12.8. The topological polar surface area (TPSA) is 75.7 Å². The summed E-state index contributed by atoms with van der Waals surface area (Å²) in [5.74, 6) is 0.949. The summed E-state index contributed by atoms with van der Waals surface area (Å²) in [6.45, 7) is 5.29. The molecule has 0 aromatic rings. The molecular formula is C13H24N2O4S. The zero-order chi connectivity index (χ0) is 14.6. The van der Waals surface area contributed by atoms with Gasteiger partial charge >= 0.3 is 6.03 Å². The Bertz CT molecular complexity index is 432. The summed E-state index contributed by atoms with van der Waals surface area (Å²) in [4.78, 5) is 13.9. The molecule has 2 amide bonds. The summed E-state index contributed by atoms with van der Waals surface area (Å²) >= 11 is 0. The summed E-state index contributed by atoms with van der Waals surface area (Å²) in [7, 11) is -2.87. The molecule has 1 N–H and O–H groups in total. The van der Waals surface area contributed by atoms with Gasteiger partial charge in [0.25, 0.3) is 0 Å². The molecule has 7 heteroatoms. The van der Waals surface area contributed by atoms with Crippen LogP contribution in [-0.2, 0) is 14.6 Å². The normalized spacial score (nSPS) is 28.4. The third-order valence-electron chi connectivity index (χ3n) is 4.04. The van der Waals surface area contributed by atoms with Crippen molar-refractivity contribution in [3.63, 3.8) is 0 Å². The fourth-order valence-electron chi connectivity index (χ4n) is 2.77. The number of hydrogen-bond donors (Lipinski definition) is 1. The van der Waals surface area contributed by atoms with Crippen LogP contribution in [0.25, 0.3) is 0 Å². The minimum Gasteiger partial charge on any atom is -0.381 e. The van der Waals surface area contributed by atoms with Gasteiger partial charge in [-0.2, -0.15) is 0 Å². The van der Waals surface area contributed by atoms with Crippen LogP contribution in [0, 0.1) is 11.8 Å². The number of hydrogen-bond acceptors (Lipinski definition) is 4. The molecule has 2 aliphatic heterocycles. The van der Waals surface area contributed by atoms with Gasteiger partial charge in [0.2, 0.25) is 0 Å². The fraction of sp³-hybridized carbons (Fsp3) is 0.923. The molecule has 2 saturated heterocycles. The van der Waals surface area contributed by atoms with Gasteiger partial charge in [-0.05, 0) is 25.7 Å².